The number of carbonyl (C=O) groups is 1. The second-order valence-corrected chi connectivity index (χ2v) is 5.97. The number of aryl methyl sites for hydroxylation is 2. The number of benzene rings is 2. The molecule has 1 amide bonds. The van der Waals surface area contributed by atoms with Gasteiger partial charge < -0.3 is 9.73 Å². The normalized spacial score (nSPS) is 13.3. The molecule has 0 aliphatic heterocycles. The molecule has 3 aromatic rings. The van der Waals surface area contributed by atoms with Crippen molar-refractivity contribution in [3.8, 4) is 11.5 Å². The molecule has 0 bridgehead atoms. The largest absolute Gasteiger partial charge is 0.423 e. The number of nitrogens with zero attached hydrogens (tertiary/aromatic N) is 2. The van der Waals surface area contributed by atoms with Gasteiger partial charge in [0.05, 0.1) is 0 Å². The van der Waals surface area contributed by atoms with E-state index in [0.717, 1.165) is 24.1 Å². The van der Waals surface area contributed by atoms with Crippen molar-refractivity contribution < 1.29 is 9.21 Å². The first kappa shape index (κ1) is 14.6. The van der Waals surface area contributed by atoms with Gasteiger partial charge >= 0.3 is 0 Å². The van der Waals surface area contributed by atoms with Crippen molar-refractivity contribution >= 4 is 11.6 Å². The Labute approximate surface area is 139 Å². The summed E-state index contributed by atoms with van der Waals surface area (Å²) < 4.78 is 5.15. The molecule has 0 saturated heterocycles. The summed E-state index contributed by atoms with van der Waals surface area (Å²) >= 11 is 0. The van der Waals surface area contributed by atoms with Gasteiger partial charge in [-0.1, -0.05) is 6.07 Å². The number of hydrogen-bond donors (Lipinski definition) is 1. The summed E-state index contributed by atoms with van der Waals surface area (Å²) in [5, 5.41) is 10.5. The smallest absolute Gasteiger partial charge is 0.255 e. The van der Waals surface area contributed by atoms with E-state index in [1.165, 1.54) is 30.4 Å². The lowest BCUT2D eigenvalue weighted by Crippen LogP contribution is -2.13. The van der Waals surface area contributed by atoms with E-state index in [9.17, 15) is 4.79 Å². The highest BCUT2D eigenvalue weighted by Crippen LogP contribution is 2.23. The topological polar surface area (TPSA) is 68.0 Å². The summed E-state index contributed by atoms with van der Waals surface area (Å²) in [5.74, 6) is 0.372. The Morgan fingerprint density at radius 3 is 2.54 bits per heavy atom. The molecule has 0 saturated carbocycles. The van der Waals surface area contributed by atoms with Crippen molar-refractivity contribution in [1.29, 1.82) is 0 Å². The number of rotatable bonds is 3. The van der Waals surface area contributed by atoms with E-state index in [2.05, 4.69) is 21.6 Å². The zero-order valence-corrected chi connectivity index (χ0v) is 13.2. The minimum atomic E-state index is -0.0890. The average molecular weight is 319 g/mol. The van der Waals surface area contributed by atoms with Gasteiger partial charge in [-0.2, -0.15) is 0 Å². The van der Waals surface area contributed by atoms with Gasteiger partial charge in [-0.05, 0) is 73.2 Å². The Morgan fingerprint density at radius 2 is 1.79 bits per heavy atom. The van der Waals surface area contributed by atoms with Crippen molar-refractivity contribution in [3.05, 3.63) is 65.5 Å². The molecule has 4 rings (SSSR count). The average Bonchev–Trinajstić information content (AvgIpc) is 3.16. The zero-order chi connectivity index (χ0) is 16.4. The van der Waals surface area contributed by atoms with Crippen molar-refractivity contribution in [2.24, 2.45) is 0 Å². The molecule has 24 heavy (non-hydrogen) atoms. The Kier molecular flexibility index (Phi) is 3.83. The van der Waals surface area contributed by atoms with E-state index in [1.807, 2.05) is 36.4 Å². The van der Waals surface area contributed by atoms with Gasteiger partial charge in [0.2, 0.25) is 12.3 Å². The van der Waals surface area contributed by atoms with Gasteiger partial charge in [0.15, 0.2) is 0 Å². The predicted octanol–water partition coefficient (Wildman–Crippen LogP) is 3.87. The lowest BCUT2D eigenvalue weighted by Gasteiger charge is -2.16. The second kappa shape index (κ2) is 6.28. The fourth-order valence-electron chi connectivity index (χ4n) is 3.07. The molecular formula is C19H17N3O2. The summed E-state index contributed by atoms with van der Waals surface area (Å²) in [6, 6.07) is 13.4. The Balaban J connectivity index is 1.49. The van der Waals surface area contributed by atoms with Crippen LogP contribution in [0, 0.1) is 0 Å². The van der Waals surface area contributed by atoms with Crippen molar-refractivity contribution in [1.82, 2.24) is 10.2 Å². The summed E-state index contributed by atoms with van der Waals surface area (Å²) in [6.07, 6.45) is 5.92. The zero-order valence-electron chi connectivity index (χ0n) is 13.2. The number of fused-ring (bicyclic) bond motifs is 1. The van der Waals surface area contributed by atoms with E-state index in [0.29, 0.717) is 11.5 Å². The fourth-order valence-corrected chi connectivity index (χ4v) is 3.07. The van der Waals surface area contributed by atoms with Gasteiger partial charge in [0, 0.05) is 16.8 Å². The first-order valence-corrected chi connectivity index (χ1v) is 8.09. The maximum atomic E-state index is 12.5. The predicted molar refractivity (Wildman–Crippen MR) is 90.8 cm³/mol. The van der Waals surface area contributed by atoms with E-state index in [4.69, 9.17) is 4.42 Å². The summed E-state index contributed by atoms with van der Waals surface area (Å²) in [4.78, 5) is 12.5. The molecule has 1 N–H and O–H groups in total. The Bertz CT molecular complexity index is 855. The minimum Gasteiger partial charge on any atom is -0.423 e. The molecule has 0 unspecified atom stereocenters. The van der Waals surface area contributed by atoms with Crippen LogP contribution >= 0.6 is 0 Å². The number of carbonyl (C=O) groups excluding carboxylic acids is 1. The number of nitrogens with one attached hydrogen (secondary N) is 1. The molecule has 1 aliphatic rings. The van der Waals surface area contributed by atoms with E-state index in [1.54, 1.807) is 0 Å². The maximum Gasteiger partial charge on any atom is 0.255 e. The SMILES string of the molecule is O=C(Nc1ccc(-c2nnco2)cc1)c1ccc2c(c1)CCCC2. The molecule has 0 spiro atoms. The van der Waals surface area contributed by atoms with Gasteiger partial charge in [0.25, 0.3) is 5.91 Å². The van der Waals surface area contributed by atoms with Crippen molar-refractivity contribution in [2.45, 2.75) is 25.7 Å². The van der Waals surface area contributed by atoms with Crippen LogP contribution in [0.2, 0.25) is 0 Å². The highest BCUT2D eigenvalue weighted by Gasteiger charge is 2.13. The van der Waals surface area contributed by atoms with E-state index in [-0.39, 0.29) is 5.91 Å². The first-order chi connectivity index (χ1) is 11.8. The first-order valence-electron chi connectivity index (χ1n) is 8.09. The number of hydrogen-bond acceptors (Lipinski definition) is 4. The third kappa shape index (κ3) is 2.93. The lowest BCUT2D eigenvalue weighted by molar-refractivity contribution is 0.102. The monoisotopic (exact) mass is 319 g/mol. The molecule has 120 valence electrons. The highest BCUT2D eigenvalue weighted by molar-refractivity contribution is 6.04. The summed E-state index contributed by atoms with van der Waals surface area (Å²) in [5.41, 5.74) is 4.94. The molecule has 0 radical (unpaired) electrons. The third-order valence-electron chi connectivity index (χ3n) is 4.36. The van der Waals surface area contributed by atoms with E-state index < -0.39 is 0 Å². The molecule has 0 atom stereocenters. The molecule has 1 heterocycles. The number of anilines is 1. The number of aromatic nitrogens is 2. The standard InChI is InChI=1S/C19H17N3O2/c23-18(16-6-5-13-3-1-2-4-15(13)11-16)21-17-9-7-14(8-10-17)19-22-20-12-24-19/h5-12H,1-4H2,(H,21,23). The van der Waals surface area contributed by atoms with Gasteiger partial charge in [-0.25, -0.2) is 0 Å². The fraction of sp³-hybridized carbons (Fsp3) is 0.211. The van der Waals surface area contributed by atoms with Crippen LogP contribution in [0.4, 0.5) is 5.69 Å². The summed E-state index contributed by atoms with van der Waals surface area (Å²) in [7, 11) is 0. The van der Waals surface area contributed by atoms with Crippen molar-refractivity contribution in [3.63, 3.8) is 0 Å². The molecule has 5 nitrogen and oxygen atoms in total. The van der Waals surface area contributed by atoms with Crippen LogP contribution in [-0.2, 0) is 12.8 Å². The van der Waals surface area contributed by atoms with Gasteiger partial charge in [-0.3, -0.25) is 4.79 Å². The summed E-state index contributed by atoms with van der Waals surface area (Å²) in [6.45, 7) is 0. The van der Waals surface area contributed by atoms with Crippen LogP contribution in [0.15, 0.2) is 53.3 Å². The molecular weight excluding hydrogens is 302 g/mol. The molecule has 2 aromatic carbocycles. The Hall–Kier alpha value is -2.95. The van der Waals surface area contributed by atoms with Crippen LogP contribution in [-0.4, -0.2) is 16.1 Å². The maximum absolute atomic E-state index is 12.5. The second-order valence-electron chi connectivity index (χ2n) is 5.97. The molecule has 1 aliphatic carbocycles. The van der Waals surface area contributed by atoms with E-state index >= 15 is 0 Å². The van der Waals surface area contributed by atoms with Gasteiger partial charge in [-0.15, -0.1) is 10.2 Å². The third-order valence-corrected chi connectivity index (χ3v) is 4.36. The number of amides is 1. The quantitative estimate of drug-likeness (QED) is 0.796. The van der Waals surface area contributed by atoms with Crippen LogP contribution in [0.3, 0.4) is 0 Å². The lowest BCUT2D eigenvalue weighted by atomic mass is 9.90. The molecule has 5 heteroatoms. The van der Waals surface area contributed by atoms with Crippen LogP contribution < -0.4 is 5.32 Å². The van der Waals surface area contributed by atoms with Crippen LogP contribution in [0.1, 0.15) is 34.3 Å². The molecule has 0 fully saturated rings. The Morgan fingerprint density at radius 1 is 1.00 bits per heavy atom. The van der Waals surface area contributed by atoms with Crippen LogP contribution in [0.25, 0.3) is 11.5 Å². The van der Waals surface area contributed by atoms with Gasteiger partial charge in [0.1, 0.15) is 0 Å². The highest BCUT2D eigenvalue weighted by atomic mass is 16.4. The van der Waals surface area contributed by atoms with Crippen LogP contribution in [0.5, 0.6) is 0 Å². The molecule has 1 aromatic heterocycles. The van der Waals surface area contributed by atoms with Crippen molar-refractivity contribution in [2.75, 3.05) is 5.32 Å². The minimum absolute atomic E-state index is 0.0890.